The first-order valence-corrected chi connectivity index (χ1v) is 12.6. The van der Waals surface area contributed by atoms with Gasteiger partial charge in [-0.15, -0.1) is 0 Å². The highest BCUT2D eigenvalue weighted by Crippen LogP contribution is 2.34. The lowest BCUT2D eigenvalue weighted by Gasteiger charge is -2.32. The fourth-order valence-electron chi connectivity index (χ4n) is 4.44. The third-order valence-electron chi connectivity index (χ3n) is 6.36. The van der Waals surface area contributed by atoms with Gasteiger partial charge in [0, 0.05) is 18.5 Å². The first-order chi connectivity index (χ1) is 14.4. The van der Waals surface area contributed by atoms with Gasteiger partial charge in [0.05, 0.1) is 5.75 Å². The summed E-state index contributed by atoms with van der Waals surface area (Å²) in [4.78, 5) is 0. The smallest absolute Gasteiger partial charge is 0.211 e. The normalized spacial score (nSPS) is 21.4. The molecule has 0 spiro atoms. The second-order valence-electron chi connectivity index (χ2n) is 8.90. The first kappa shape index (κ1) is 21.5. The van der Waals surface area contributed by atoms with Gasteiger partial charge >= 0.3 is 0 Å². The quantitative estimate of drug-likeness (QED) is 0.596. The van der Waals surface area contributed by atoms with Gasteiger partial charge in [-0.3, -0.25) is 0 Å². The molecule has 2 aliphatic rings. The lowest BCUT2D eigenvalue weighted by molar-refractivity contribution is 0.467. The minimum absolute atomic E-state index is 0.0898. The summed E-state index contributed by atoms with van der Waals surface area (Å²) < 4.78 is 40.0. The van der Waals surface area contributed by atoms with Crippen molar-refractivity contribution in [2.45, 2.75) is 56.9 Å². The minimum atomic E-state index is -3.13. The maximum Gasteiger partial charge on any atom is 0.211 e. The van der Waals surface area contributed by atoms with Crippen molar-refractivity contribution in [2.24, 2.45) is 11.7 Å². The fraction of sp³-hybridized carbons (Fsp3) is 0.500. The Balaban J connectivity index is 1.39. The van der Waals surface area contributed by atoms with E-state index in [4.69, 9.17) is 5.73 Å². The van der Waals surface area contributed by atoms with Crippen LogP contribution in [0.2, 0.25) is 0 Å². The van der Waals surface area contributed by atoms with E-state index in [0.717, 1.165) is 50.5 Å². The molecule has 2 atom stereocenters. The van der Waals surface area contributed by atoms with Crippen molar-refractivity contribution in [3.8, 4) is 0 Å². The van der Waals surface area contributed by atoms with E-state index >= 15 is 0 Å². The summed E-state index contributed by atoms with van der Waals surface area (Å²) in [5.74, 6) is 0.637. The molecule has 4 rings (SSSR count). The zero-order valence-electron chi connectivity index (χ0n) is 17.3. The van der Waals surface area contributed by atoms with Gasteiger partial charge in [0.1, 0.15) is 5.82 Å². The molecule has 0 aliphatic heterocycles. The maximum atomic E-state index is 13.3. The van der Waals surface area contributed by atoms with Crippen molar-refractivity contribution in [3.63, 3.8) is 0 Å². The summed E-state index contributed by atoms with van der Waals surface area (Å²) in [6.07, 6.45) is 6.43. The molecule has 2 aromatic carbocycles. The number of nitrogens with two attached hydrogens (primary N) is 1. The lowest BCUT2D eigenvalue weighted by Crippen LogP contribution is -2.34. The van der Waals surface area contributed by atoms with Crippen LogP contribution in [0.1, 0.15) is 53.9 Å². The number of aryl methyl sites for hydroxylation is 2. The van der Waals surface area contributed by atoms with Crippen molar-refractivity contribution in [2.75, 3.05) is 12.3 Å². The van der Waals surface area contributed by atoms with E-state index < -0.39 is 10.0 Å². The predicted molar refractivity (Wildman–Crippen MR) is 118 cm³/mol. The van der Waals surface area contributed by atoms with E-state index in [2.05, 4.69) is 22.9 Å². The number of nitrogens with one attached hydrogen (secondary N) is 1. The highest BCUT2D eigenvalue weighted by Gasteiger charge is 2.28. The summed E-state index contributed by atoms with van der Waals surface area (Å²) >= 11 is 0. The summed E-state index contributed by atoms with van der Waals surface area (Å²) in [5, 5.41) is 0. The van der Waals surface area contributed by atoms with Crippen molar-refractivity contribution in [1.29, 1.82) is 0 Å². The van der Waals surface area contributed by atoms with Gasteiger partial charge in [-0.2, -0.15) is 0 Å². The molecule has 0 radical (unpaired) electrons. The van der Waals surface area contributed by atoms with Gasteiger partial charge in [-0.25, -0.2) is 17.5 Å². The number of sulfonamides is 1. The zero-order valence-corrected chi connectivity index (χ0v) is 18.1. The molecular weight excluding hydrogens is 399 g/mol. The average molecular weight is 431 g/mol. The number of fused-ring (bicyclic) bond motifs is 1. The fourth-order valence-corrected chi connectivity index (χ4v) is 5.96. The first-order valence-electron chi connectivity index (χ1n) is 11.0. The van der Waals surface area contributed by atoms with Crippen molar-refractivity contribution in [1.82, 2.24) is 4.72 Å². The van der Waals surface area contributed by atoms with Crippen LogP contribution in [0.25, 0.3) is 0 Å². The van der Waals surface area contributed by atoms with Crippen molar-refractivity contribution >= 4 is 10.0 Å². The zero-order chi connectivity index (χ0) is 21.1. The average Bonchev–Trinajstić information content (AvgIpc) is 3.52. The van der Waals surface area contributed by atoms with E-state index in [9.17, 15) is 12.8 Å². The second-order valence-corrected chi connectivity index (χ2v) is 10.7. The molecule has 6 heteroatoms. The van der Waals surface area contributed by atoms with E-state index in [0.29, 0.717) is 12.5 Å². The SMILES string of the molecule is NC1CCc2ccc(CCCNS(=O)(=O)CC3CC3)cc2C1Cc1ccc(F)cc1. The molecule has 2 aliphatic carbocycles. The van der Waals surface area contributed by atoms with E-state index in [1.807, 2.05) is 12.1 Å². The van der Waals surface area contributed by atoms with Crippen LogP contribution in [0.3, 0.4) is 0 Å². The summed E-state index contributed by atoms with van der Waals surface area (Å²) in [5.41, 5.74) is 11.4. The summed E-state index contributed by atoms with van der Waals surface area (Å²) in [7, 11) is -3.13. The van der Waals surface area contributed by atoms with Crippen LogP contribution in [-0.2, 0) is 29.3 Å². The van der Waals surface area contributed by atoms with Crippen molar-refractivity contribution in [3.05, 3.63) is 70.5 Å². The molecule has 0 heterocycles. The van der Waals surface area contributed by atoms with E-state index in [1.165, 1.54) is 28.8 Å². The van der Waals surface area contributed by atoms with Crippen LogP contribution in [0.15, 0.2) is 42.5 Å². The Morgan fingerprint density at radius 1 is 1.03 bits per heavy atom. The van der Waals surface area contributed by atoms with Gasteiger partial charge in [-0.05, 0) is 85.3 Å². The van der Waals surface area contributed by atoms with E-state index in [-0.39, 0.29) is 23.5 Å². The molecule has 1 fully saturated rings. The van der Waals surface area contributed by atoms with Gasteiger partial charge in [0.2, 0.25) is 10.0 Å². The van der Waals surface area contributed by atoms with Crippen LogP contribution < -0.4 is 10.5 Å². The molecule has 1 saturated carbocycles. The van der Waals surface area contributed by atoms with Gasteiger partial charge in [0.25, 0.3) is 0 Å². The monoisotopic (exact) mass is 430 g/mol. The standard InChI is InChI=1S/C24H31FN2O2S/c25-21-10-6-18(7-11-21)15-23-22-14-17(5-8-20(22)9-12-24(23)26)2-1-13-27-30(28,29)16-19-3-4-19/h5-8,10-11,14,19,23-24,27H,1-4,9,12-13,15-16,26H2. The Bertz CT molecular complexity index is 971. The Labute approximate surface area is 179 Å². The van der Waals surface area contributed by atoms with Gasteiger partial charge in [0.15, 0.2) is 0 Å². The molecule has 162 valence electrons. The largest absolute Gasteiger partial charge is 0.327 e. The molecule has 0 saturated heterocycles. The summed E-state index contributed by atoms with van der Waals surface area (Å²) in [6.45, 7) is 0.477. The minimum Gasteiger partial charge on any atom is -0.327 e. The number of benzene rings is 2. The molecule has 2 unspecified atom stereocenters. The number of hydrogen-bond donors (Lipinski definition) is 2. The number of halogens is 1. The molecule has 0 bridgehead atoms. The highest BCUT2D eigenvalue weighted by atomic mass is 32.2. The highest BCUT2D eigenvalue weighted by molar-refractivity contribution is 7.89. The number of rotatable bonds is 9. The molecule has 3 N–H and O–H groups in total. The van der Waals surface area contributed by atoms with E-state index in [1.54, 1.807) is 0 Å². The molecule has 4 nitrogen and oxygen atoms in total. The number of hydrogen-bond acceptors (Lipinski definition) is 3. The Morgan fingerprint density at radius 3 is 2.50 bits per heavy atom. The lowest BCUT2D eigenvalue weighted by atomic mass is 9.76. The molecule has 2 aromatic rings. The third-order valence-corrected chi connectivity index (χ3v) is 7.91. The summed E-state index contributed by atoms with van der Waals surface area (Å²) in [6, 6.07) is 13.4. The Hall–Kier alpha value is -1.76. The maximum absolute atomic E-state index is 13.3. The topological polar surface area (TPSA) is 72.2 Å². The van der Waals surface area contributed by atoms with Crippen LogP contribution in [0, 0.1) is 11.7 Å². The molecule has 30 heavy (non-hydrogen) atoms. The van der Waals surface area contributed by atoms with Crippen LogP contribution >= 0.6 is 0 Å². The second kappa shape index (κ2) is 9.16. The molecular formula is C24H31FN2O2S. The van der Waals surface area contributed by atoms with Crippen LogP contribution in [-0.4, -0.2) is 26.8 Å². The van der Waals surface area contributed by atoms with Crippen LogP contribution in [0.4, 0.5) is 4.39 Å². The Kier molecular flexibility index (Phi) is 6.56. The third kappa shape index (κ3) is 5.68. The van der Waals surface area contributed by atoms with Crippen LogP contribution in [0.5, 0.6) is 0 Å². The Morgan fingerprint density at radius 2 is 1.77 bits per heavy atom. The van der Waals surface area contributed by atoms with Crippen molar-refractivity contribution < 1.29 is 12.8 Å². The van der Waals surface area contributed by atoms with Gasteiger partial charge in [-0.1, -0.05) is 30.3 Å². The molecule has 0 aromatic heterocycles. The van der Waals surface area contributed by atoms with Gasteiger partial charge < -0.3 is 5.73 Å². The molecule has 0 amide bonds. The predicted octanol–water partition coefficient (Wildman–Crippen LogP) is 3.69.